The van der Waals surface area contributed by atoms with Gasteiger partial charge in [0.1, 0.15) is 18.0 Å². The first-order chi connectivity index (χ1) is 19.1. The summed E-state index contributed by atoms with van der Waals surface area (Å²) in [5.41, 5.74) is 7.31. The van der Waals surface area contributed by atoms with Gasteiger partial charge in [0, 0.05) is 13.1 Å². The Hall–Kier alpha value is -3.25. The summed E-state index contributed by atoms with van der Waals surface area (Å²) in [5, 5.41) is 2.70. The number of hydrogen-bond donors (Lipinski definition) is 2. The minimum Gasteiger partial charge on any atom is -0.462 e. The summed E-state index contributed by atoms with van der Waals surface area (Å²) in [7, 11) is -2.00. The van der Waals surface area contributed by atoms with Crippen molar-refractivity contribution in [2.24, 2.45) is 0 Å². The molecule has 1 saturated heterocycles. The SMILES string of the molecule is CC(C)OC(=O)[C@H](C)N[P@@](=O)(OC[C@@H]1CC[C@H](n2cnc3c(N(C)C4CC4)nc(N)nc32)O1)Oc1ccccc1. The number of nitrogen functional groups attached to an aromatic ring is 1. The Labute approximate surface area is 232 Å². The van der Waals surface area contributed by atoms with Crippen molar-refractivity contribution in [1.82, 2.24) is 24.6 Å². The van der Waals surface area contributed by atoms with E-state index in [1.807, 2.05) is 17.7 Å². The lowest BCUT2D eigenvalue weighted by Gasteiger charge is -2.24. The number of aromatic nitrogens is 4. The van der Waals surface area contributed by atoms with Crippen molar-refractivity contribution in [3.05, 3.63) is 36.7 Å². The van der Waals surface area contributed by atoms with Gasteiger partial charge in [-0.05, 0) is 58.6 Å². The number of rotatable bonds is 12. The molecule has 216 valence electrons. The number of nitrogens with one attached hydrogen (secondary N) is 1. The van der Waals surface area contributed by atoms with Crippen LogP contribution in [-0.4, -0.2) is 63.4 Å². The van der Waals surface area contributed by atoms with Crippen molar-refractivity contribution in [3.8, 4) is 5.75 Å². The molecule has 3 N–H and O–H groups in total. The molecule has 2 aliphatic rings. The van der Waals surface area contributed by atoms with Crippen LogP contribution in [0.1, 0.15) is 52.7 Å². The quantitative estimate of drug-likeness (QED) is 0.239. The molecule has 2 aromatic heterocycles. The van der Waals surface area contributed by atoms with Crippen LogP contribution in [0.3, 0.4) is 0 Å². The second-order valence-corrected chi connectivity index (χ2v) is 12.1. The van der Waals surface area contributed by atoms with Gasteiger partial charge >= 0.3 is 13.7 Å². The highest BCUT2D eigenvalue weighted by Crippen LogP contribution is 2.46. The molecule has 0 bridgehead atoms. The van der Waals surface area contributed by atoms with Gasteiger partial charge in [-0.2, -0.15) is 15.1 Å². The number of para-hydroxylation sites is 1. The number of benzene rings is 1. The number of anilines is 2. The Bertz CT molecular complexity index is 1380. The number of nitrogens with zero attached hydrogens (tertiary/aromatic N) is 5. The van der Waals surface area contributed by atoms with Gasteiger partial charge in [-0.1, -0.05) is 18.2 Å². The molecule has 1 saturated carbocycles. The zero-order valence-electron chi connectivity index (χ0n) is 23.1. The van der Waals surface area contributed by atoms with Crippen LogP contribution in [0.4, 0.5) is 11.8 Å². The van der Waals surface area contributed by atoms with Crippen LogP contribution in [0, 0.1) is 0 Å². The first kappa shape index (κ1) is 28.3. The fraction of sp³-hybridized carbons (Fsp3) is 0.538. The van der Waals surface area contributed by atoms with Crippen molar-refractivity contribution < 1.29 is 27.9 Å². The summed E-state index contributed by atoms with van der Waals surface area (Å²) in [6, 6.07) is 8.13. The van der Waals surface area contributed by atoms with Gasteiger partial charge in [0.15, 0.2) is 17.0 Å². The van der Waals surface area contributed by atoms with E-state index < -0.39 is 19.8 Å². The van der Waals surface area contributed by atoms with Gasteiger partial charge < -0.3 is 24.6 Å². The number of ether oxygens (including phenoxy) is 2. The predicted octanol–water partition coefficient (Wildman–Crippen LogP) is 3.82. The molecule has 1 aromatic carbocycles. The van der Waals surface area contributed by atoms with E-state index in [0.717, 1.165) is 12.8 Å². The van der Waals surface area contributed by atoms with Crippen molar-refractivity contribution >= 4 is 36.6 Å². The number of carbonyl (C=O) groups is 1. The molecule has 0 spiro atoms. The lowest BCUT2D eigenvalue weighted by molar-refractivity contribution is -0.149. The number of hydrogen-bond acceptors (Lipinski definition) is 11. The Morgan fingerprint density at radius 3 is 2.65 bits per heavy atom. The largest absolute Gasteiger partial charge is 0.462 e. The second-order valence-electron chi connectivity index (χ2n) is 10.4. The third-order valence-electron chi connectivity index (χ3n) is 6.70. The van der Waals surface area contributed by atoms with E-state index in [0.29, 0.717) is 41.6 Å². The minimum atomic E-state index is -3.99. The van der Waals surface area contributed by atoms with Crippen LogP contribution < -0.4 is 20.2 Å². The summed E-state index contributed by atoms with van der Waals surface area (Å²) >= 11 is 0. The number of imidazole rings is 1. The first-order valence-electron chi connectivity index (χ1n) is 13.5. The number of esters is 1. The van der Waals surface area contributed by atoms with E-state index in [9.17, 15) is 9.36 Å². The monoisotopic (exact) mass is 573 g/mol. The van der Waals surface area contributed by atoms with Gasteiger partial charge in [-0.3, -0.25) is 13.9 Å². The average Bonchev–Trinajstić information content (AvgIpc) is 3.51. The van der Waals surface area contributed by atoms with Crippen LogP contribution in [0.5, 0.6) is 5.75 Å². The molecule has 4 atom stereocenters. The summed E-state index contributed by atoms with van der Waals surface area (Å²) in [5.74, 6) is 0.649. The lowest BCUT2D eigenvalue weighted by Crippen LogP contribution is -2.36. The maximum atomic E-state index is 13.8. The van der Waals surface area contributed by atoms with E-state index in [-0.39, 0.29) is 31.0 Å². The van der Waals surface area contributed by atoms with Crippen LogP contribution in [0.15, 0.2) is 36.7 Å². The van der Waals surface area contributed by atoms with Gasteiger partial charge in [-0.25, -0.2) is 9.55 Å². The highest BCUT2D eigenvalue weighted by Gasteiger charge is 2.36. The van der Waals surface area contributed by atoms with Crippen LogP contribution in [-0.2, 0) is 23.4 Å². The molecule has 1 aliphatic heterocycles. The van der Waals surface area contributed by atoms with E-state index in [1.54, 1.807) is 51.4 Å². The van der Waals surface area contributed by atoms with E-state index in [4.69, 9.17) is 24.3 Å². The Kier molecular flexibility index (Phi) is 8.27. The molecule has 14 heteroatoms. The molecule has 13 nitrogen and oxygen atoms in total. The Morgan fingerprint density at radius 1 is 1.20 bits per heavy atom. The molecule has 5 rings (SSSR count). The zero-order chi connectivity index (χ0) is 28.4. The molecular weight excluding hydrogens is 537 g/mol. The highest BCUT2D eigenvalue weighted by atomic mass is 31.2. The molecule has 0 unspecified atom stereocenters. The van der Waals surface area contributed by atoms with Gasteiger partial charge in [0.25, 0.3) is 0 Å². The van der Waals surface area contributed by atoms with Crippen LogP contribution in [0.25, 0.3) is 11.2 Å². The Balaban J connectivity index is 1.27. The normalized spacial score (nSPS) is 21.3. The summed E-state index contributed by atoms with van der Waals surface area (Å²) in [6.07, 6.45) is 4.13. The topological polar surface area (TPSA) is 156 Å². The van der Waals surface area contributed by atoms with E-state index in [1.165, 1.54) is 0 Å². The standard InChI is InChI=1S/C26H36N7O6P/c1-16(2)37-25(34)17(3)31-40(35,39-19-8-6-5-7-9-19)36-14-20-12-13-21(38-20)33-15-28-22-23(32(4)18-10-11-18)29-26(27)30-24(22)33/h5-9,15-18,20-21H,10-14H2,1-4H3,(H,31,35)(H2,27,29,30)/t17-,20-,21+,40+/m0/s1. The Morgan fingerprint density at radius 2 is 1.95 bits per heavy atom. The maximum absolute atomic E-state index is 13.8. The molecule has 3 heterocycles. The van der Waals surface area contributed by atoms with Gasteiger partial charge in [0.2, 0.25) is 5.95 Å². The van der Waals surface area contributed by atoms with Crippen LogP contribution in [0.2, 0.25) is 0 Å². The van der Waals surface area contributed by atoms with E-state index in [2.05, 4.69) is 24.9 Å². The van der Waals surface area contributed by atoms with Crippen molar-refractivity contribution in [2.45, 2.75) is 77.0 Å². The average molecular weight is 574 g/mol. The zero-order valence-corrected chi connectivity index (χ0v) is 24.0. The molecule has 0 radical (unpaired) electrons. The van der Waals surface area contributed by atoms with Gasteiger partial charge in [-0.15, -0.1) is 0 Å². The van der Waals surface area contributed by atoms with Gasteiger partial charge in [0.05, 0.1) is 25.1 Å². The number of nitrogens with two attached hydrogens (primary N) is 1. The second kappa shape index (κ2) is 11.7. The third-order valence-corrected chi connectivity index (χ3v) is 8.34. The third kappa shape index (κ3) is 6.55. The molecule has 40 heavy (non-hydrogen) atoms. The summed E-state index contributed by atoms with van der Waals surface area (Å²) in [4.78, 5) is 27.9. The predicted molar refractivity (Wildman–Crippen MR) is 149 cm³/mol. The minimum absolute atomic E-state index is 0.0288. The van der Waals surface area contributed by atoms with Crippen molar-refractivity contribution in [1.29, 1.82) is 0 Å². The molecule has 1 aliphatic carbocycles. The first-order valence-corrected chi connectivity index (χ1v) is 15.0. The number of carbonyl (C=O) groups excluding carboxylic acids is 1. The molecule has 2 fully saturated rings. The van der Waals surface area contributed by atoms with Crippen molar-refractivity contribution in [3.63, 3.8) is 0 Å². The molecule has 0 amide bonds. The molecule has 3 aromatic rings. The number of fused-ring (bicyclic) bond motifs is 1. The highest BCUT2D eigenvalue weighted by molar-refractivity contribution is 7.52. The fourth-order valence-corrected chi connectivity index (χ4v) is 6.06. The summed E-state index contributed by atoms with van der Waals surface area (Å²) < 4.78 is 38.6. The molecular formula is C26H36N7O6P. The maximum Gasteiger partial charge on any atom is 0.459 e. The van der Waals surface area contributed by atoms with E-state index >= 15 is 0 Å². The van der Waals surface area contributed by atoms with Crippen molar-refractivity contribution in [2.75, 3.05) is 24.3 Å². The smallest absolute Gasteiger partial charge is 0.459 e. The lowest BCUT2D eigenvalue weighted by atomic mass is 10.2. The van der Waals surface area contributed by atoms with Crippen LogP contribution >= 0.6 is 7.75 Å². The fourth-order valence-electron chi connectivity index (χ4n) is 4.54. The summed E-state index contributed by atoms with van der Waals surface area (Å²) in [6.45, 7) is 5.00.